The van der Waals surface area contributed by atoms with Crippen LogP contribution in [0.1, 0.15) is 52.2 Å². The van der Waals surface area contributed by atoms with E-state index in [1.807, 2.05) is 45.0 Å². The monoisotopic (exact) mass is 486 g/mol. The topological polar surface area (TPSA) is 83.5 Å². The fraction of sp³-hybridized carbons (Fsp3) is 0.542. The molecule has 1 unspecified atom stereocenters. The van der Waals surface area contributed by atoms with Crippen molar-refractivity contribution in [2.75, 3.05) is 0 Å². The van der Waals surface area contributed by atoms with Crippen LogP contribution in [0.4, 0.5) is 4.79 Å². The molecule has 4 rings (SSSR count). The van der Waals surface area contributed by atoms with Crippen molar-refractivity contribution in [3.05, 3.63) is 34.5 Å². The van der Waals surface area contributed by atoms with Gasteiger partial charge in [0.15, 0.2) is 5.78 Å². The van der Waals surface area contributed by atoms with Crippen LogP contribution in [0.25, 0.3) is 11.0 Å². The molecule has 2 aliphatic rings. The molecule has 1 aliphatic heterocycles. The predicted molar refractivity (Wildman–Crippen MR) is 119 cm³/mol. The van der Waals surface area contributed by atoms with E-state index in [1.165, 1.54) is 0 Å². The molecule has 1 aromatic carbocycles. The van der Waals surface area contributed by atoms with Crippen LogP contribution in [0, 0.1) is 23.2 Å². The van der Waals surface area contributed by atoms with Crippen molar-refractivity contribution in [3.8, 4) is 6.07 Å². The fourth-order valence-corrected chi connectivity index (χ4v) is 5.30. The van der Waals surface area contributed by atoms with Crippen LogP contribution in [0.3, 0.4) is 0 Å². The number of benzene rings is 1. The van der Waals surface area contributed by atoms with Crippen molar-refractivity contribution >= 4 is 38.8 Å². The summed E-state index contributed by atoms with van der Waals surface area (Å²) in [4.78, 5) is 27.7. The molecule has 1 amide bonds. The number of carbonyl (C=O) groups excluding carboxylic acids is 2. The molecule has 0 spiro atoms. The smallest absolute Gasteiger partial charge is 0.411 e. The number of Topliss-reactive ketones (excluding diaryl/α,β-unsaturated/α-hetero) is 1. The second-order valence-electron chi connectivity index (χ2n) is 9.65. The minimum absolute atomic E-state index is 0.0523. The lowest BCUT2D eigenvalue weighted by Gasteiger charge is -2.35. The van der Waals surface area contributed by atoms with Gasteiger partial charge in [-0.15, -0.1) is 0 Å². The maximum atomic E-state index is 13.3. The van der Waals surface area contributed by atoms with E-state index in [0.29, 0.717) is 12.2 Å². The van der Waals surface area contributed by atoms with Crippen LogP contribution in [0.2, 0.25) is 0 Å². The molecule has 0 N–H and O–H groups in total. The summed E-state index contributed by atoms with van der Waals surface area (Å²) in [5.41, 5.74) is 0.142. The molecule has 2 bridgehead atoms. The number of nitrogens with zero attached hydrogens (tertiary/aromatic N) is 2. The molecule has 1 aromatic heterocycles. The number of halogens is 1. The maximum absolute atomic E-state index is 13.3. The normalized spacial score (nSPS) is 23.7. The highest BCUT2D eigenvalue weighted by molar-refractivity contribution is 9.10. The Balaban J connectivity index is 1.47. The number of carbonyl (C=O) groups is 2. The molecular weight excluding hydrogens is 460 g/mol. The first-order chi connectivity index (χ1) is 14.6. The summed E-state index contributed by atoms with van der Waals surface area (Å²) in [5.74, 6) is 0.289. The number of amides is 1. The molecule has 2 heterocycles. The van der Waals surface area contributed by atoms with Gasteiger partial charge in [0.25, 0.3) is 0 Å². The minimum atomic E-state index is -0.613. The Morgan fingerprint density at radius 3 is 2.81 bits per heavy atom. The molecule has 6 nitrogen and oxygen atoms in total. The Morgan fingerprint density at radius 1 is 1.32 bits per heavy atom. The Hall–Kier alpha value is -2.33. The van der Waals surface area contributed by atoms with Gasteiger partial charge in [0.2, 0.25) is 0 Å². The van der Waals surface area contributed by atoms with Crippen molar-refractivity contribution in [1.82, 2.24) is 4.90 Å². The highest BCUT2D eigenvalue weighted by Crippen LogP contribution is 2.44. The fourth-order valence-electron chi connectivity index (χ4n) is 4.92. The number of likely N-dealkylation sites (tertiary alicyclic amines) is 1. The second kappa shape index (κ2) is 8.31. The first-order valence-electron chi connectivity index (χ1n) is 10.8. The number of ether oxygens (including phenoxy) is 1. The van der Waals surface area contributed by atoms with Gasteiger partial charge in [-0.2, -0.15) is 5.26 Å². The van der Waals surface area contributed by atoms with Crippen LogP contribution in [0.15, 0.2) is 33.2 Å². The number of hydrogen-bond acceptors (Lipinski definition) is 5. The highest BCUT2D eigenvalue weighted by atomic mass is 79.9. The zero-order valence-corrected chi connectivity index (χ0v) is 19.6. The van der Waals surface area contributed by atoms with E-state index in [4.69, 9.17) is 9.15 Å². The van der Waals surface area contributed by atoms with Crippen LogP contribution < -0.4 is 0 Å². The zero-order chi connectivity index (χ0) is 22.3. The summed E-state index contributed by atoms with van der Waals surface area (Å²) in [6.45, 7) is 5.48. The largest absolute Gasteiger partial charge is 0.461 e. The molecule has 1 saturated heterocycles. The summed E-state index contributed by atoms with van der Waals surface area (Å²) in [6.07, 6.45) is 2.73. The van der Waals surface area contributed by atoms with E-state index >= 15 is 0 Å². The van der Waals surface area contributed by atoms with E-state index in [-0.39, 0.29) is 24.2 Å². The van der Waals surface area contributed by atoms with E-state index < -0.39 is 23.7 Å². The highest BCUT2D eigenvalue weighted by Gasteiger charge is 2.52. The summed E-state index contributed by atoms with van der Waals surface area (Å²) in [6, 6.07) is 9.49. The maximum Gasteiger partial charge on any atom is 0.411 e. The molecule has 1 aliphatic carbocycles. The van der Waals surface area contributed by atoms with Gasteiger partial charge in [0.1, 0.15) is 16.9 Å². The summed E-state index contributed by atoms with van der Waals surface area (Å²) >= 11 is 3.45. The van der Waals surface area contributed by atoms with Gasteiger partial charge >= 0.3 is 6.09 Å². The van der Waals surface area contributed by atoms with Gasteiger partial charge in [-0.05, 0) is 70.2 Å². The van der Waals surface area contributed by atoms with Crippen LogP contribution in [-0.2, 0) is 16.0 Å². The van der Waals surface area contributed by atoms with Gasteiger partial charge in [-0.1, -0.05) is 15.9 Å². The summed E-state index contributed by atoms with van der Waals surface area (Å²) in [7, 11) is 0. The third-order valence-corrected chi connectivity index (χ3v) is 6.62. The lowest BCUT2D eigenvalue weighted by molar-refractivity contribution is -0.126. The average molecular weight is 487 g/mol. The molecule has 7 heteroatoms. The Kier molecular flexibility index (Phi) is 5.87. The molecule has 164 valence electrons. The third-order valence-electron chi connectivity index (χ3n) is 6.13. The van der Waals surface area contributed by atoms with Crippen molar-refractivity contribution < 1.29 is 18.7 Å². The first kappa shape index (κ1) is 21.9. The number of fused-ring (bicyclic) bond motifs is 3. The van der Waals surface area contributed by atoms with Gasteiger partial charge in [0.05, 0.1) is 18.0 Å². The Morgan fingerprint density at radius 2 is 2.10 bits per heavy atom. The number of nitriles is 1. The Labute approximate surface area is 190 Å². The molecule has 0 radical (unpaired) electrons. The van der Waals surface area contributed by atoms with Crippen molar-refractivity contribution in [3.63, 3.8) is 0 Å². The van der Waals surface area contributed by atoms with E-state index in [1.54, 1.807) is 4.90 Å². The molecular formula is C24H27BrN2O4. The summed E-state index contributed by atoms with van der Waals surface area (Å²) in [5, 5.41) is 10.7. The predicted octanol–water partition coefficient (Wildman–Crippen LogP) is 5.62. The van der Waals surface area contributed by atoms with Crippen LogP contribution in [-0.4, -0.2) is 34.5 Å². The molecule has 1 saturated carbocycles. The summed E-state index contributed by atoms with van der Waals surface area (Å²) < 4.78 is 12.4. The minimum Gasteiger partial charge on any atom is -0.461 e. The number of rotatable bonds is 5. The van der Waals surface area contributed by atoms with Gasteiger partial charge in [-0.25, -0.2) is 4.79 Å². The number of furan rings is 1. The third kappa shape index (κ3) is 4.64. The number of piperidine rings is 1. The van der Waals surface area contributed by atoms with Crippen molar-refractivity contribution in [1.29, 1.82) is 5.26 Å². The van der Waals surface area contributed by atoms with Crippen LogP contribution in [0.5, 0.6) is 0 Å². The van der Waals surface area contributed by atoms with Crippen LogP contribution >= 0.6 is 15.9 Å². The lowest BCUT2D eigenvalue weighted by Crippen LogP contribution is -2.51. The quantitative estimate of drug-likeness (QED) is 0.546. The number of ketones is 1. The second-order valence-corrected chi connectivity index (χ2v) is 10.6. The first-order valence-corrected chi connectivity index (χ1v) is 11.6. The molecule has 4 atom stereocenters. The zero-order valence-electron chi connectivity index (χ0n) is 18.1. The van der Waals surface area contributed by atoms with Gasteiger partial charge in [-0.3, -0.25) is 9.69 Å². The van der Waals surface area contributed by atoms with E-state index in [0.717, 1.165) is 34.7 Å². The van der Waals surface area contributed by atoms with E-state index in [2.05, 4.69) is 22.0 Å². The van der Waals surface area contributed by atoms with Gasteiger partial charge < -0.3 is 9.15 Å². The molecule has 2 aromatic rings. The SMILES string of the molecule is CC(C)(C)OC(=O)N1[C@@H]2CC[C@@H](C2)[C@H]1C(=O)CC(C#N)Cc1cc2cc(Br)ccc2o1. The average Bonchev–Trinajstić information content (AvgIpc) is 3.39. The standard InChI is InChI=1S/C24H27BrN2O4/c1-24(2,3)31-23(29)27-18-6-4-15(11-18)22(27)20(28)9-14(13-26)8-19-12-16-10-17(25)5-7-21(16)30-19/h5,7,10,12,14-15,18,22H,4,6,8-9,11H2,1-3H3/t14?,15-,18+,22-/m0/s1. The van der Waals surface area contributed by atoms with Gasteiger partial charge in [0, 0.05) is 28.7 Å². The number of hydrogen-bond donors (Lipinski definition) is 0. The molecule has 2 fully saturated rings. The Bertz CT molecular complexity index is 1050. The molecule has 31 heavy (non-hydrogen) atoms. The van der Waals surface area contributed by atoms with Crippen molar-refractivity contribution in [2.45, 2.75) is 70.6 Å². The van der Waals surface area contributed by atoms with Crippen molar-refractivity contribution in [2.24, 2.45) is 11.8 Å². The lowest BCUT2D eigenvalue weighted by atomic mass is 9.89. The van der Waals surface area contributed by atoms with E-state index in [9.17, 15) is 14.9 Å².